The summed E-state index contributed by atoms with van der Waals surface area (Å²) >= 11 is 0. The van der Waals surface area contributed by atoms with E-state index in [1.165, 1.54) is 0 Å². The van der Waals surface area contributed by atoms with E-state index in [0.717, 1.165) is 0 Å². The fraction of sp³-hybridized carbons (Fsp3) is 1.00. The van der Waals surface area contributed by atoms with E-state index in [2.05, 4.69) is 0 Å². The van der Waals surface area contributed by atoms with Gasteiger partial charge < -0.3 is 25.3 Å². The molecule has 6 nitrogen and oxygen atoms in total. The van der Waals surface area contributed by atoms with Gasteiger partial charge in [-0.2, -0.15) is 0 Å². The maximum absolute atomic E-state index is 6.32. The maximum atomic E-state index is 6.32. The highest BCUT2D eigenvalue weighted by Gasteiger charge is 2.54. The van der Waals surface area contributed by atoms with Gasteiger partial charge in [0, 0.05) is 13.1 Å². The number of rotatable bonds is 2. The van der Waals surface area contributed by atoms with E-state index in [9.17, 15) is 0 Å². The monoisotopic (exact) mass is 382 g/mol. The van der Waals surface area contributed by atoms with Gasteiger partial charge in [0.25, 0.3) is 0 Å². The van der Waals surface area contributed by atoms with Crippen LogP contribution in [0.25, 0.3) is 0 Å². The molecular formula is C12H30O6Si4. The molecule has 2 atom stereocenters. The number of hydrogen-bond donors (Lipinski definition) is 0. The smallest absolute Gasteiger partial charge is 0.414 e. The molecule has 1 rings (SSSR count). The fourth-order valence-corrected chi connectivity index (χ4v) is 15.9. The van der Waals surface area contributed by atoms with Gasteiger partial charge in [0.1, 0.15) is 0 Å². The van der Waals surface area contributed by atoms with E-state index >= 15 is 0 Å². The van der Waals surface area contributed by atoms with E-state index < -0.39 is 36.2 Å². The predicted octanol–water partition coefficient (Wildman–Crippen LogP) is 3.07. The molecule has 1 fully saturated rings. The third-order valence-corrected chi connectivity index (χ3v) is 14.8. The molecule has 1 aliphatic rings. The second kappa shape index (κ2) is 6.86. The molecule has 22 heavy (non-hydrogen) atoms. The quantitative estimate of drug-likeness (QED) is 0.684. The van der Waals surface area contributed by atoms with Gasteiger partial charge in [0.15, 0.2) is 0 Å². The van der Waals surface area contributed by atoms with Crippen LogP contribution in [0.15, 0.2) is 0 Å². The first kappa shape index (κ1) is 20.7. The largest absolute Gasteiger partial charge is 0.481 e. The second-order valence-electron chi connectivity index (χ2n) is 7.55. The third kappa shape index (κ3) is 7.46. The summed E-state index contributed by atoms with van der Waals surface area (Å²) in [5.41, 5.74) is -0.751. The summed E-state index contributed by atoms with van der Waals surface area (Å²) in [6, 6.07) is 0. The molecule has 0 aliphatic carbocycles. The van der Waals surface area contributed by atoms with Gasteiger partial charge in [-0.25, -0.2) is 0 Å². The van der Waals surface area contributed by atoms with E-state index in [0.29, 0.717) is 0 Å². The minimum Gasteiger partial charge on any atom is -0.414 e. The van der Waals surface area contributed by atoms with E-state index in [4.69, 9.17) is 25.3 Å². The molecule has 2 unspecified atom stereocenters. The highest BCUT2D eigenvalue weighted by atomic mass is 28.5. The van der Waals surface area contributed by atoms with E-state index in [1.54, 1.807) is 0 Å². The molecule has 1 heterocycles. The summed E-state index contributed by atoms with van der Waals surface area (Å²) in [4.78, 5) is 0. The van der Waals surface area contributed by atoms with Crippen LogP contribution in [-0.2, 0) is 25.3 Å². The average Bonchev–Trinajstić information content (AvgIpc) is 2.03. The van der Waals surface area contributed by atoms with E-state index in [1.807, 2.05) is 67.7 Å². The molecule has 130 valence electrons. The van der Waals surface area contributed by atoms with Crippen molar-refractivity contribution in [1.82, 2.24) is 0 Å². The minimum atomic E-state index is -2.93. The van der Waals surface area contributed by atoms with Crippen LogP contribution in [0.4, 0.5) is 0 Å². The summed E-state index contributed by atoms with van der Waals surface area (Å²) in [5, 5.41) is 0. The Hall–Kier alpha value is 0.628. The highest BCUT2D eigenvalue weighted by molar-refractivity contribution is 6.82. The maximum Gasteiger partial charge on any atom is 0.481 e. The molecule has 2 radical (unpaired) electrons. The summed E-state index contributed by atoms with van der Waals surface area (Å²) in [6.45, 7) is 19.6. The minimum absolute atomic E-state index is 0.376. The van der Waals surface area contributed by atoms with Gasteiger partial charge in [0.2, 0.25) is 0 Å². The lowest BCUT2D eigenvalue weighted by atomic mass is 10.2. The van der Waals surface area contributed by atoms with Crippen molar-refractivity contribution in [2.45, 2.75) is 78.9 Å². The van der Waals surface area contributed by atoms with E-state index in [-0.39, 0.29) is 11.2 Å². The Morgan fingerprint density at radius 3 is 1.32 bits per heavy atom. The SMILES string of the molecule is C[Si]1O[Si](C)O[Si](C)(OC(C)(C)C)O[Si](C)(OC(C)(C)C)O1. The van der Waals surface area contributed by atoms with Gasteiger partial charge in [-0.3, -0.25) is 0 Å². The Morgan fingerprint density at radius 1 is 0.727 bits per heavy atom. The van der Waals surface area contributed by atoms with Crippen molar-refractivity contribution < 1.29 is 25.3 Å². The Bertz CT molecular complexity index is 351. The van der Waals surface area contributed by atoms with Crippen LogP contribution >= 0.6 is 0 Å². The zero-order valence-electron chi connectivity index (χ0n) is 15.4. The molecule has 0 aromatic heterocycles. The number of hydrogen-bond acceptors (Lipinski definition) is 6. The average molecular weight is 383 g/mol. The van der Waals surface area contributed by atoms with Crippen LogP contribution in [0.5, 0.6) is 0 Å². The Balaban J connectivity index is 3.06. The standard InChI is InChI=1S/C12H30O6Si4/c1-11(2,3)13-21(9)16-19(7)15-20(8)17-22(10,18-21)14-12(4,5)6/h1-10H3. The molecule has 0 aromatic carbocycles. The Morgan fingerprint density at radius 2 is 1.05 bits per heavy atom. The van der Waals surface area contributed by atoms with Crippen LogP contribution in [0.2, 0.25) is 26.2 Å². The van der Waals surface area contributed by atoms with Crippen molar-refractivity contribution in [3.05, 3.63) is 0 Å². The molecular weight excluding hydrogens is 352 g/mol. The highest BCUT2D eigenvalue weighted by Crippen LogP contribution is 2.30. The summed E-state index contributed by atoms with van der Waals surface area (Å²) in [5.74, 6) is 0. The summed E-state index contributed by atoms with van der Waals surface area (Å²) in [6.07, 6.45) is 0. The first-order chi connectivity index (χ1) is 9.62. The van der Waals surface area contributed by atoms with Crippen molar-refractivity contribution in [2.24, 2.45) is 0 Å². The molecule has 0 spiro atoms. The molecule has 0 amide bonds. The first-order valence-corrected chi connectivity index (χ1v) is 15.5. The lowest BCUT2D eigenvalue weighted by Gasteiger charge is -2.44. The lowest BCUT2D eigenvalue weighted by Crippen LogP contribution is -2.64. The molecule has 1 saturated heterocycles. The molecule has 1 aliphatic heterocycles. The molecule has 0 saturated carbocycles. The predicted molar refractivity (Wildman–Crippen MR) is 92.5 cm³/mol. The van der Waals surface area contributed by atoms with Gasteiger partial charge in [-0.15, -0.1) is 0 Å². The molecule has 0 N–H and O–H groups in total. The summed E-state index contributed by atoms with van der Waals surface area (Å²) < 4.78 is 36.7. The van der Waals surface area contributed by atoms with Gasteiger partial charge in [-0.05, 0) is 54.6 Å². The zero-order valence-corrected chi connectivity index (χ0v) is 19.4. The summed E-state index contributed by atoms with van der Waals surface area (Å²) in [7, 11) is -8.81. The topological polar surface area (TPSA) is 55.4 Å². The molecule has 0 bridgehead atoms. The first-order valence-electron chi connectivity index (χ1n) is 7.45. The van der Waals surface area contributed by atoms with Gasteiger partial charge >= 0.3 is 36.2 Å². The van der Waals surface area contributed by atoms with Gasteiger partial charge in [-0.1, -0.05) is 0 Å². The second-order valence-corrected chi connectivity index (χ2v) is 16.6. The van der Waals surface area contributed by atoms with Crippen LogP contribution in [0.3, 0.4) is 0 Å². The van der Waals surface area contributed by atoms with Crippen LogP contribution in [0.1, 0.15) is 41.5 Å². The van der Waals surface area contributed by atoms with Crippen molar-refractivity contribution in [3.63, 3.8) is 0 Å². The molecule has 0 aromatic rings. The van der Waals surface area contributed by atoms with Crippen LogP contribution in [0, 0.1) is 0 Å². The van der Waals surface area contributed by atoms with Crippen molar-refractivity contribution in [2.75, 3.05) is 0 Å². The van der Waals surface area contributed by atoms with Gasteiger partial charge in [0.05, 0.1) is 11.2 Å². The van der Waals surface area contributed by atoms with Crippen molar-refractivity contribution in [3.8, 4) is 0 Å². The normalized spacial score (nSPS) is 33.5. The van der Waals surface area contributed by atoms with Crippen LogP contribution < -0.4 is 0 Å². The van der Waals surface area contributed by atoms with Crippen molar-refractivity contribution in [1.29, 1.82) is 0 Å². The third-order valence-electron chi connectivity index (χ3n) is 2.30. The zero-order chi connectivity index (χ0) is 17.4. The fourth-order valence-electron chi connectivity index (χ4n) is 2.34. The Labute approximate surface area is 140 Å². The molecule has 10 heteroatoms. The van der Waals surface area contributed by atoms with Crippen molar-refractivity contribution >= 4 is 36.2 Å². The Kier molecular flexibility index (Phi) is 6.45. The van der Waals surface area contributed by atoms with Crippen LogP contribution in [-0.4, -0.2) is 47.4 Å². The lowest BCUT2D eigenvalue weighted by molar-refractivity contribution is 0.00213.